The predicted octanol–water partition coefficient (Wildman–Crippen LogP) is 5.36. The Morgan fingerprint density at radius 1 is 0.957 bits per heavy atom. The first-order chi connectivity index (χ1) is 11.0. The SMILES string of the molecule is O=C1CCC2C(N1)c1ccc(Cl)cc1C2c1ccc(Cl)c(Cl)c1. The Morgan fingerprint density at radius 3 is 2.57 bits per heavy atom. The van der Waals surface area contributed by atoms with Crippen LogP contribution in [0.15, 0.2) is 36.4 Å². The summed E-state index contributed by atoms with van der Waals surface area (Å²) in [5.41, 5.74) is 3.45. The lowest BCUT2D eigenvalue weighted by atomic mass is 9.80. The van der Waals surface area contributed by atoms with Crippen LogP contribution in [0.5, 0.6) is 0 Å². The quantitative estimate of drug-likeness (QED) is 0.723. The van der Waals surface area contributed by atoms with Crippen molar-refractivity contribution in [2.24, 2.45) is 5.92 Å². The van der Waals surface area contributed by atoms with Gasteiger partial charge in [0.1, 0.15) is 0 Å². The van der Waals surface area contributed by atoms with Gasteiger partial charge in [0, 0.05) is 17.4 Å². The molecule has 23 heavy (non-hydrogen) atoms. The number of piperidine rings is 1. The van der Waals surface area contributed by atoms with Gasteiger partial charge in [-0.25, -0.2) is 0 Å². The van der Waals surface area contributed by atoms with Crippen molar-refractivity contribution in [3.8, 4) is 0 Å². The number of fused-ring (bicyclic) bond motifs is 3. The lowest BCUT2D eigenvalue weighted by molar-refractivity contribution is -0.124. The minimum atomic E-state index is 0.0444. The molecule has 4 rings (SSSR count). The zero-order valence-electron chi connectivity index (χ0n) is 12.2. The fourth-order valence-electron chi connectivity index (χ4n) is 3.95. The third kappa shape index (κ3) is 2.53. The summed E-state index contributed by atoms with van der Waals surface area (Å²) in [5.74, 6) is 0.601. The van der Waals surface area contributed by atoms with Gasteiger partial charge < -0.3 is 5.32 Å². The highest BCUT2D eigenvalue weighted by molar-refractivity contribution is 6.42. The summed E-state index contributed by atoms with van der Waals surface area (Å²) in [5, 5.41) is 4.95. The second-order valence-electron chi connectivity index (χ2n) is 6.17. The molecule has 0 radical (unpaired) electrons. The van der Waals surface area contributed by atoms with E-state index in [4.69, 9.17) is 34.8 Å². The number of benzene rings is 2. The molecule has 5 heteroatoms. The molecule has 0 spiro atoms. The molecular formula is C18H14Cl3NO. The molecule has 118 valence electrons. The van der Waals surface area contributed by atoms with Gasteiger partial charge in [-0.2, -0.15) is 0 Å². The Kier molecular flexibility index (Phi) is 3.79. The van der Waals surface area contributed by atoms with Gasteiger partial charge in [0.25, 0.3) is 0 Å². The second kappa shape index (κ2) is 5.70. The van der Waals surface area contributed by atoms with Gasteiger partial charge in [0.15, 0.2) is 0 Å². The molecule has 1 amide bonds. The first-order valence-corrected chi connectivity index (χ1v) is 8.71. The average molecular weight is 367 g/mol. The van der Waals surface area contributed by atoms with Crippen LogP contribution in [0, 0.1) is 5.92 Å². The van der Waals surface area contributed by atoms with Crippen molar-refractivity contribution in [3.05, 3.63) is 68.2 Å². The van der Waals surface area contributed by atoms with Crippen LogP contribution in [0.4, 0.5) is 0 Å². The Bertz CT molecular complexity index is 805. The lowest BCUT2D eigenvalue weighted by Gasteiger charge is -2.30. The summed E-state index contributed by atoms with van der Waals surface area (Å²) >= 11 is 18.5. The van der Waals surface area contributed by atoms with Crippen molar-refractivity contribution in [2.45, 2.75) is 24.8 Å². The fraction of sp³-hybridized carbons (Fsp3) is 0.278. The fourth-order valence-corrected chi connectivity index (χ4v) is 4.43. The van der Waals surface area contributed by atoms with Crippen molar-refractivity contribution in [1.82, 2.24) is 5.32 Å². The van der Waals surface area contributed by atoms with E-state index in [1.165, 1.54) is 5.56 Å². The van der Waals surface area contributed by atoms with E-state index in [0.29, 0.717) is 27.4 Å². The third-order valence-electron chi connectivity index (χ3n) is 4.90. The predicted molar refractivity (Wildman–Crippen MR) is 93.4 cm³/mol. The van der Waals surface area contributed by atoms with Gasteiger partial charge in [0.05, 0.1) is 16.1 Å². The first-order valence-electron chi connectivity index (χ1n) is 7.58. The van der Waals surface area contributed by atoms with E-state index in [0.717, 1.165) is 17.5 Å². The van der Waals surface area contributed by atoms with Crippen LogP contribution in [-0.4, -0.2) is 5.91 Å². The van der Waals surface area contributed by atoms with E-state index >= 15 is 0 Å². The van der Waals surface area contributed by atoms with Crippen molar-refractivity contribution in [2.75, 3.05) is 0 Å². The van der Waals surface area contributed by atoms with E-state index in [9.17, 15) is 4.79 Å². The summed E-state index contributed by atoms with van der Waals surface area (Å²) in [6.07, 6.45) is 1.41. The van der Waals surface area contributed by atoms with E-state index in [1.54, 1.807) is 0 Å². The Morgan fingerprint density at radius 2 is 1.78 bits per heavy atom. The average Bonchev–Trinajstić information content (AvgIpc) is 2.83. The van der Waals surface area contributed by atoms with E-state index in [-0.39, 0.29) is 17.9 Å². The molecule has 1 saturated heterocycles. The number of rotatable bonds is 1. The van der Waals surface area contributed by atoms with Crippen LogP contribution in [0.25, 0.3) is 0 Å². The van der Waals surface area contributed by atoms with Gasteiger partial charge in [0.2, 0.25) is 5.91 Å². The second-order valence-corrected chi connectivity index (χ2v) is 7.42. The molecule has 0 bridgehead atoms. The summed E-state index contributed by atoms with van der Waals surface area (Å²) in [6.45, 7) is 0. The number of carbonyl (C=O) groups excluding carboxylic acids is 1. The molecule has 1 fully saturated rings. The van der Waals surface area contributed by atoms with E-state index < -0.39 is 0 Å². The van der Waals surface area contributed by atoms with Crippen LogP contribution in [-0.2, 0) is 4.79 Å². The summed E-state index contributed by atoms with van der Waals surface area (Å²) in [4.78, 5) is 11.8. The van der Waals surface area contributed by atoms with Gasteiger partial charge in [-0.05, 0) is 53.3 Å². The summed E-state index contributed by atoms with van der Waals surface area (Å²) < 4.78 is 0. The van der Waals surface area contributed by atoms with Gasteiger partial charge >= 0.3 is 0 Å². The number of nitrogens with one attached hydrogen (secondary N) is 1. The van der Waals surface area contributed by atoms with Crippen LogP contribution in [0.3, 0.4) is 0 Å². The van der Waals surface area contributed by atoms with Crippen LogP contribution < -0.4 is 5.32 Å². The monoisotopic (exact) mass is 365 g/mol. The maximum atomic E-state index is 11.8. The maximum Gasteiger partial charge on any atom is 0.220 e. The molecule has 2 aliphatic rings. The number of hydrogen-bond acceptors (Lipinski definition) is 1. The summed E-state index contributed by atoms with van der Waals surface area (Å²) in [6, 6.07) is 11.7. The molecule has 1 aliphatic heterocycles. The smallest absolute Gasteiger partial charge is 0.220 e. The number of amides is 1. The van der Waals surface area contributed by atoms with Crippen molar-refractivity contribution >= 4 is 40.7 Å². The Balaban J connectivity index is 1.86. The van der Waals surface area contributed by atoms with Gasteiger partial charge in [-0.3, -0.25) is 4.79 Å². The highest BCUT2D eigenvalue weighted by Gasteiger charge is 2.44. The number of hydrogen-bond donors (Lipinski definition) is 1. The molecule has 2 aromatic rings. The molecule has 2 nitrogen and oxygen atoms in total. The zero-order valence-corrected chi connectivity index (χ0v) is 14.4. The van der Waals surface area contributed by atoms with Crippen molar-refractivity contribution in [1.29, 1.82) is 0 Å². The summed E-state index contributed by atoms with van der Waals surface area (Å²) in [7, 11) is 0. The Hall–Kier alpha value is -1.22. The highest BCUT2D eigenvalue weighted by Crippen LogP contribution is 2.52. The van der Waals surface area contributed by atoms with Crippen LogP contribution in [0.2, 0.25) is 15.1 Å². The number of carbonyl (C=O) groups is 1. The highest BCUT2D eigenvalue weighted by atomic mass is 35.5. The molecular weight excluding hydrogens is 353 g/mol. The molecule has 0 saturated carbocycles. The molecule has 1 heterocycles. The number of halogens is 3. The molecule has 0 aromatic heterocycles. The van der Waals surface area contributed by atoms with E-state index in [2.05, 4.69) is 5.32 Å². The minimum absolute atomic E-state index is 0.0444. The van der Waals surface area contributed by atoms with Crippen LogP contribution in [0.1, 0.15) is 41.5 Å². The first kappa shape index (κ1) is 15.3. The van der Waals surface area contributed by atoms with Crippen molar-refractivity contribution in [3.63, 3.8) is 0 Å². The maximum absolute atomic E-state index is 11.8. The zero-order chi connectivity index (χ0) is 16.1. The molecule has 3 atom stereocenters. The van der Waals surface area contributed by atoms with Crippen molar-refractivity contribution < 1.29 is 4.79 Å². The largest absolute Gasteiger partial charge is 0.349 e. The molecule has 1 N–H and O–H groups in total. The standard InChI is InChI=1S/C18H14Cl3NO/c19-10-2-3-11-13(8-10)17(9-1-5-14(20)15(21)7-9)12-4-6-16(23)22-18(11)12/h1-3,5,7-8,12,17-18H,4,6H2,(H,22,23). The molecule has 1 aliphatic carbocycles. The van der Waals surface area contributed by atoms with E-state index in [1.807, 2.05) is 36.4 Å². The molecule has 3 unspecified atom stereocenters. The minimum Gasteiger partial charge on any atom is -0.349 e. The van der Waals surface area contributed by atoms with Crippen LogP contribution >= 0.6 is 34.8 Å². The van der Waals surface area contributed by atoms with Gasteiger partial charge in [-0.15, -0.1) is 0 Å². The normalized spacial score (nSPS) is 25.7. The Labute approximate surface area is 149 Å². The third-order valence-corrected chi connectivity index (χ3v) is 5.87. The molecule has 2 aromatic carbocycles. The lowest BCUT2D eigenvalue weighted by Crippen LogP contribution is -2.37. The topological polar surface area (TPSA) is 29.1 Å². The van der Waals surface area contributed by atoms with Gasteiger partial charge in [-0.1, -0.05) is 46.9 Å².